The first-order chi connectivity index (χ1) is 3.68. The predicted octanol–water partition coefficient (Wildman–Crippen LogP) is 0.940. The topological polar surface area (TPSA) is 26.3 Å². The molecule has 0 unspecified atom stereocenters. The Labute approximate surface area is 49.1 Å². The Bertz CT molecular complexity index is 110. The van der Waals surface area contributed by atoms with Crippen LogP contribution in [-0.2, 0) is 9.53 Å². The van der Waals surface area contributed by atoms with Gasteiger partial charge in [0, 0.05) is 5.57 Å². The van der Waals surface area contributed by atoms with E-state index in [1.807, 2.05) is 0 Å². The van der Waals surface area contributed by atoms with E-state index in [1.54, 1.807) is 6.92 Å². The molecule has 0 N–H and O–H groups in total. The van der Waals surface area contributed by atoms with Crippen LogP contribution >= 0.6 is 0 Å². The fourth-order valence-electron chi connectivity index (χ4n) is 0.216. The second-order valence-corrected chi connectivity index (χ2v) is 1.42. The molecule has 0 spiro atoms. The maximum Gasteiger partial charge on any atom is 0.330 e. The molecule has 48 valence electrons. The number of carbonyl (C=O) groups is 1. The van der Waals surface area contributed by atoms with Gasteiger partial charge in [-0.1, -0.05) is 6.58 Å². The first-order valence-corrected chi connectivity index (χ1v) is 2.30. The van der Waals surface area contributed by atoms with Gasteiger partial charge >= 0.3 is 5.97 Å². The van der Waals surface area contributed by atoms with Crippen LogP contribution in [0.2, 0.25) is 0 Å². The van der Waals surface area contributed by atoms with Crippen molar-refractivity contribution in [3.05, 3.63) is 19.1 Å². The zero-order valence-corrected chi connectivity index (χ0v) is 12.0. The van der Waals surface area contributed by atoms with E-state index in [9.17, 15) is 4.79 Å². The van der Waals surface area contributed by atoms with Gasteiger partial charge in [0.25, 0.3) is 0 Å². The summed E-state index contributed by atoms with van der Waals surface area (Å²) in [6.45, 7) is 8.46. The maximum absolute atomic E-state index is 10.4. The van der Waals surface area contributed by atoms with Gasteiger partial charge in [0.05, 0.1) is 0 Å². The molecule has 0 bridgehead atoms. The molecular weight excluding hydrogens is 371 g/mol. The van der Waals surface area contributed by atoms with Crippen molar-refractivity contribution >= 4 is 5.97 Å². The summed E-state index contributed by atoms with van der Waals surface area (Å²) >= 11 is 0. The predicted molar refractivity (Wildman–Crippen MR) is 31.1 cm³/mol. The van der Waals surface area contributed by atoms with Crippen molar-refractivity contribution in [3.63, 3.8) is 0 Å². The summed E-state index contributed by atoms with van der Waals surface area (Å²) in [5.74, 6) is -0.375. The second kappa shape index (κ2) is 4.37. The van der Waals surface area contributed by atoms with E-state index >= 15 is 0 Å². The minimum absolute atomic E-state index is 0. The Balaban J connectivity index is 0. The summed E-state index contributed by atoms with van der Waals surface area (Å²) in [6.07, 6.45) is 0. The first-order valence-electron chi connectivity index (χ1n) is 2.30. The number of hydrogen-bond donors (Lipinski definition) is 0. The standard InChI is InChI=1S/C6H9O2.Rf/c1-4-8-6(7)5(2)3;/h1-2,4H2,3H3;/q-1;. The van der Waals surface area contributed by atoms with Crippen LogP contribution in [0.5, 0.6) is 0 Å². The molecule has 0 heterocycles. The number of ether oxygens (including phenoxy) is 1. The van der Waals surface area contributed by atoms with Crippen molar-refractivity contribution in [3.8, 4) is 0 Å². The van der Waals surface area contributed by atoms with Crippen LogP contribution in [0.3, 0.4) is 0 Å². The molecule has 9 heavy (non-hydrogen) atoms. The normalized spacial score (nSPS) is 7.33. The van der Waals surface area contributed by atoms with Gasteiger partial charge in [0.2, 0.25) is 0 Å². The van der Waals surface area contributed by atoms with Gasteiger partial charge in [-0.15, -0.1) is 0 Å². The summed E-state index contributed by atoms with van der Waals surface area (Å²) in [5.41, 5.74) is 0.411. The zero-order chi connectivity index (χ0) is 6.57. The van der Waals surface area contributed by atoms with Gasteiger partial charge in [0.1, 0.15) is 0 Å². The Morgan fingerprint density at radius 3 is 2.33 bits per heavy atom. The molecule has 0 aliphatic carbocycles. The molecule has 0 saturated carbocycles. The summed E-state index contributed by atoms with van der Waals surface area (Å²) in [4.78, 5) is 10.4. The van der Waals surface area contributed by atoms with Crippen LogP contribution in [0.4, 0.5) is 0 Å². The van der Waals surface area contributed by atoms with Crippen molar-refractivity contribution < 1.29 is 9.53 Å². The van der Waals surface area contributed by atoms with E-state index in [4.69, 9.17) is 0 Å². The molecule has 0 aromatic heterocycles. The Kier molecular flexibility index (Phi) is 4.97. The quantitative estimate of drug-likeness (QED) is 0.405. The molecule has 0 rings (SSSR count). The number of carbonyl (C=O) groups excluding carboxylic acids is 1. The van der Waals surface area contributed by atoms with Crippen LogP contribution in [0.1, 0.15) is 6.92 Å². The third-order valence-electron chi connectivity index (χ3n) is 0.582. The van der Waals surface area contributed by atoms with E-state index in [-0.39, 0.29) is 12.6 Å². The Hall–Kier alpha value is -1.79. The van der Waals surface area contributed by atoms with Crippen LogP contribution in [0.15, 0.2) is 12.2 Å². The van der Waals surface area contributed by atoms with Gasteiger partial charge in [-0.05, 0) is 13.5 Å². The third-order valence-corrected chi connectivity index (χ3v) is 0.582. The van der Waals surface area contributed by atoms with E-state index in [2.05, 4.69) is 18.2 Å². The van der Waals surface area contributed by atoms with E-state index in [0.29, 0.717) is 5.57 Å². The molecule has 0 aliphatic heterocycles. The van der Waals surface area contributed by atoms with Crippen LogP contribution in [0, 0.1) is 6.92 Å². The van der Waals surface area contributed by atoms with Gasteiger partial charge in [-0.2, -0.15) is 0 Å². The number of esters is 1. The molecule has 0 aliphatic rings. The summed E-state index contributed by atoms with van der Waals surface area (Å²) in [6, 6.07) is 0. The van der Waals surface area contributed by atoms with E-state index in [0.717, 1.165) is 0 Å². The van der Waals surface area contributed by atoms with Gasteiger partial charge in [-0.25, -0.2) is 4.79 Å². The van der Waals surface area contributed by atoms with Crippen molar-refractivity contribution in [1.29, 1.82) is 0 Å². The molecule has 0 aromatic rings. The second-order valence-electron chi connectivity index (χ2n) is 1.42. The molecule has 3 heteroatoms. The summed E-state index contributed by atoms with van der Waals surface area (Å²) < 4.78 is 4.45. The van der Waals surface area contributed by atoms with Gasteiger partial charge < -0.3 is 11.7 Å². The molecular formula is C6H9O2Rf-. The van der Waals surface area contributed by atoms with Crippen molar-refractivity contribution in [1.82, 2.24) is 0 Å². The fourth-order valence-corrected chi connectivity index (χ4v) is 0.216. The van der Waals surface area contributed by atoms with E-state index < -0.39 is 0 Å². The zero-order valence-electron chi connectivity index (χ0n) is 5.64. The third kappa shape index (κ3) is 4.05. The van der Waals surface area contributed by atoms with Crippen LogP contribution in [0.25, 0.3) is 0 Å². The summed E-state index contributed by atoms with van der Waals surface area (Å²) in [5, 5.41) is 0. The maximum atomic E-state index is 10.4. The smallest absolute Gasteiger partial charge is 0.330 e. The minimum atomic E-state index is -0.375. The Morgan fingerprint density at radius 1 is 1.78 bits per heavy atom. The van der Waals surface area contributed by atoms with Crippen molar-refractivity contribution in [2.24, 2.45) is 0 Å². The van der Waals surface area contributed by atoms with Gasteiger partial charge in [0.15, 0.2) is 0 Å². The average Bonchev–Trinajstić information content (AvgIpc) is 1.67. The number of rotatable bonds is 2. The summed E-state index contributed by atoms with van der Waals surface area (Å²) in [7, 11) is 0. The van der Waals surface area contributed by atoms with E-state index in [1.165, 1.54) is 0 Å². The molecule has 0 aromatic carbocycles. The molecule has 0 saturated heterocycles. The SMILES string of the molecule is C=C(C)C(=O)OC[CH2-].[Rf]. The molecule has 0 fully saturated rings. The first kappa shape index (κ1) is 10.2. The number of hydrogen-bond acceptors (Lipinski definition) is 2. The van der Waals surface area contributed by atoms with Crippen molar-refractivity contribution in [2.45, 2.75) is 6.92 Å². The van der Waals surface area contributed by atoms with Gasteiger partial charge in [-0.3, -0.25) is 0 Å². The molecule has 0 radical (unpaired) electrons. The average molecular weight is 380 g/mol. The molecule has 0 amide bonds. The van der Waals surface area contributed by atoms with Crippen LogP contribution in [-0.4, -0.2) is 12.6 Å². The largest absolute Gasteiger partial charge is 0.496 e. The minimum Gasteiger partial charge on any atom is -0.496 e. The van der Waals surface area contributed by atoms with Crippen molar-refractivity contribution in [2.75, 3.05) is 6.61 Å². The van der Waals surface area contributed by atoms with Crippen LogP contribution < -0.4 is 0 Å². The molecule has 0 atom stereocenters. The monoisotopic (exact) mass is 380 g/mol. The fraction of sp³-hybridized carbons (Fsp3) is 0.333. The molecule has 2 nitrogen and oxygen atoms in total. The Morgan fingerprint density at radius 2 is 2.22 bits per heavy atom.